The topological polar surface area (TPSA) is 9.23 Å². The van der Waals surface area contributed by atoms with Crippen LogP contribution in [0.1, 0.15) is 41.0 Å². The summed E-state index contributed by atoms with van der Waals surface area (Å²) in [5.41, 5.74) is 0.450. The molecular formula is C22H30OSi. The maximum Gasteiger partial charge on any atom is 0.261 e. The Balaban J connectivity index is 2.07. The van der Waals surface area contributed by atoms with Crippen molar-refractivity contribution >= 4 is 18.7 Å². The Bertz CT molecular complexity index is 631. The van der Waals surface area contributed by atoms with Crippen LogP contribution < -0.4 is 10.4 Å². The summed E-state index contributed by atoms with van der Waals surface area (Å²) in [6, 6.07) is 21.9. The maximum atomic E-state index is 6.96. The first-order chi connectivity index (χ1) is 11.3. The van der Waals surface area contributed by atoms with Gasteiger partial charge in [0.2, 0.25) is 0 Å². The first kappa shape index (κ1) is 17.4. The molecule has 0 heterocycles. The Morgan fingerprint density at radius 2 is 1.33 bits per heavy atom. The highest BCUT2D eigenvalue weighted by molar-refractivity contribution is 6.99. The zero-order valence-electron chi connectivity index (χ0n) is 15.7. The van der Waals surface area contributed by atoms with Gasteiger partial charge < -0.3 is 4.43 Å². The molecule has 0 amide bonds. The minimum Gasteiger partial charge on any atom is -0.407 e. The molecule has 128 valence electrons. The molecule has 0 N–H and O–H groups in total. The summed E-state index contributed by atoms with van der Waals surface area (Å²) < 4.78 is 6.96. The van der Waals surface area contributed by atoms with Gasteiger partial charge in [-0.2, -0.15) is 0 Å². The zero-order chi connectivity index (χ0) is 17.4. The second-order valence-corrected chi connectivity index (χ2v) is 13.2. The van der Waals surface area contributed by atoms with Gasteiger partial charge in [-0.3, -0.25) is 0 Å². The van der Waals surface area contributed by atoms with Crippen LogP contribution in [0.25, 0.3) is 0 Å². The van der Waals surface area contributed by atoms with Crippen molar-refractivity contribution in [1.82, 2.24) is 0 Å². The molecule has 0 unspecified atom stereocenters. The van der Waals surface area contributed by atoms with Gasteiger partial charge in [-0.25, -0.2) is 0 Å². The highest BCUT2D eigenvalue weighted by Gasteiger charge is 2.53. The molecule has 2 aromatic carbocycles. The molecule has 0 aromatic heterocycles. The van der Waals surface area contributed by atoms with E-state index in [4.69, 9.17) is 4.43 Å². The molecule has 1 saturated carbocycles. The third kappa shape index (κ3) is 3.10. The number of rotatable bonds is 5. The van der Waals surface area contributed by atoms with Gasteiger partial charge in [-0.15, -0.1) is 0 Å². The molecule has 0 saturated heterocycles. The minimum atomic E-state index is -2.33. The van der Waals surface area contributed by atoms with Crippen molar-refractivity contribution in [1.29, 1.82) is 0 Å². The van der Waals surface area contributed by atoms with E-state index in [0.29, 0.717) is 11.3 Å². The molecule has 1 atom stereocenters. The lowest BCUT2D eigenvalue weighted by atomic mass is 10.1. The Kier molecular flexibility index (Phi) is 4.48. The van der Waals surface area contributed by atoms with Crippen LogP contribution in [-0.4, -0.2) is 14.9 Å². The normalized spacial score (nSPS) is 20.0. The SMILES string of the molecule is CC1(C)C[C@@H]1CO[Si](c1ccccc1)(c1ccccc1)C(C)(C)C. The van der Waals surface area contributed by atoms with E-state index >= 15 is 0 Å². The monoisotopic (exact) mass is 338 g/mol. The molecule has 0 radical (unpaired) electrons. The summed E-state index contributed by atoms with van der Waals surface area (Å²) >= 11 is 0. The molecule has 24 heavy (non-hydrogen) atoms. The van der Waals surface area contributed by atoms with E-state index in [0.717, 1.165) is 6.61 Å². The summed E-state index contributed by atoms with van der Waals surface area (Å²) in [7, 11) is -2.33. The van der Waals surface area contributed by atoms with Crippen molar-refractivity contribution in [3.63, 3.8) is 0 Å². The Morgan fingerprint density at radius 3 is 1.67 bits per heavy atom. The van der Waals surface area contributed by atoms with Crippen LogP contribution in [-0.2, 0) is 4.43 Å². The summed E-state index contributed by atoms with van der Waals surface area (Å²) in [6.45, 7) is 12.6. The minimum absolute atomic E-state index is 0.0781. The third-order valence-electron chi connectivity index (χ3n) is 5.64. The first-order valence-corrected chi connectivity index (χ1v) is 10.9. The van der Waals surface area contributed by atoms with E-state index in [-0.39, 0.29) is 5.04 Å². The lowest BCUT2D eigenvalue weighted by Gasteiger charge is -2.43. The standard InChI is InChI=1S/C22H30OSi/c1-21(2,3)24(19-12-8-6-9-13-19,20-14-10-7-11-15-20)23-17-18-16-22(18,4)5/h6-15,18H,16-17H2,1-5H3/t18-/m1/s1. The van der Waals surface area contributed by atoms with Crippen LogP contribution in [0, 0.1) is 11.3 Å². The van der Waals surface area contributed by atoms with Crippen molar-refractivity contribution in [3.8, 4) is 0 Å². The van der Waals surface area contributed by atoms with Gasteiger partial charge in [0.15, 0.2) is 0 Å². The second kappa shape index (κ2) is 6.16. The molecule has 1 nitrogen and oxygen atoms in total. The fourth-order valence-electron chi connectivity index (χ4n) is 3.85. The van der Waals surface area contributed by atoms with E-state index in [1.54, 1.807) is 0 Å². The molecule has 2 heteroatoms. The Labute approximate surface area is 148 Å². The Morgan fingerprint density at radius 1 is 0.917 bits per heavy atom. The molecule has 1 fully saturated rings. The second-order valence-electron chi connectivity index (χ2n) is 8.86. The average Bonchev–Trinajstić information content (AvgIpc) is 3.16. The molecule has 0 aliphatic heterocycles. The van der Waals surface area contributed by atoms with Gasteiger partial charge in [0.05, 0.1) is 0 Å². The molecule has 2 aromatic rings. The van der Waals surface area contributed by atoms with Crippen LogP contribution >= 0.6 is 0 Å². The van der Waals surface area contributed by atoms with Gasteiger partial charge in [0.1, 0.15) is 0 Å². The molecule has 1 aliphatic rings. The zero-order valence-corrected chi connectivity index (χ0v) is 16.7. The summed E-state index contributed by atoms with van der Waals surface area (Å²) in [4.78, 5) is 0. The lowest BCUT2D eigenvalue weighted by molar-refractivity contribution is 0.263. The molecule has 0 spiro atoms. The average molecular weight is 339 g/mol. The van der Waals surface area contributed by atoms with Crippen molar-refractivity contribution < 1.29 is 4.43 Å². The number of hydrogen-bond acceptors (Lipinski definition) is 1. The van der Waals surface area contributed by atoms with Crippen LogP contribution in [0.15, 0.2) is 60.7 Å². The maximum absolute atomic E-state index is 6.96. The van der Waals surface area contributed by atoms with E-state index in [2.05, 4.69) is 95.3 Å². The van der Waals surface area contributed by atoms with Gasteiger partial charge in [-0.1, -0.05) is 95.3 Å². The van der Waals surface area contributed by atoms with Crippen molar-refractivity contribution in [2.75, 3.05) is 6.61 Å². The summed E-state index contributed by atoms with van der Waals surface area (Å²) in [6.07, 6.45) is 1.28. The molecular weight excluding hydrogens is 308 g/mol. The molecule has 3 rings (SSSR count). The summed E-state index contributed by atoms with van der Waals surface area (Å²) in [5, 5.41) is 2.83. The third-order valence-corrected chi connectivity index (χ3v) is 10.6. The van der Waals surface area contributed by atoms with Gasteiger partial charge in [-0.05, 0) is 33.2 Å². The van der Waals surface area contributed by atoms with Crippen molar-refractivity contribution in [3.05, 3.63) is 60.7 Å². The predicted molar refractivity (Wildman–Crippen MR) is 105 cm³/mol. The van der Waals surface area contributed by atoms with Crippen LogP contribution in [0.4, 0.5) is 0 Å². The smallest absolute Gasteiger partial charge is 0.261 e. The van der Waals surface area contributed by atoms with E-state index < -0.39 is 8.32 Å². The fourth-order valence-corrected chi connectivity index (χ4v) is 8.45. The van der Waals surface area contributed by atoms with Gasteiger partial charge in [0, 0.05) is 6.61 Å². The largest absolute Gasteiger partial charge is 0.407 e. The Hall–Kier alpha value is -1.38. The van der Waals surface area contributed by atoms with Crippen molar-refractivity contribution in [2.24, 2.45) is 11.3 Å². The predicted octanol–water partition coefficient (Wildman–Crippen LogP) is 4.61. The lowest BCUT2D eigenvalue weighted by Crippen LogP contribution is -2.66. The number of hydrogen-bond donors (Lipinski definition) is 0. The highest BCUT2D eigenvalue weighted by Crippen LogP contribution is 2.52. The highest BCUT2D eigenvalue weighted by atomic mass is 28.4. The fraction of sp³-hybridized carbons (Fsp3) is 0.455. The van der Waals surface area contributed by atoms with Gasteiger partial charge >= 0.3 is 0 Å². The quantitative estimate of drug-likeness (QED) is 0.724. The van der Waals surface area contributed by atoms with E-state index in [1.807, 2.05) is 0 Å². The molecule has 1 aliphatic carbocycles. The van der Waals surface area contributed by atoms with Gasteiger partial charge in [0.25, 0.3) is 8.32 Å². The van der Waals surface area contributed by atoms with Crippen LogP contribution in [0.2, 0.25) is 5.04 Å². The molecule has 0 bridgehead atoms. The van der Waals surface area contributed by atoms with Crippen LogP contribution in [0.3, 0.4) is 0 Å². The van der Waals surface area contributed by atoms with Crippen LogP contribution in [0.5, 0.6) is 0 Å². The van der Waals surface area contributed by atoms with E-state index in [1.165, 1.54) is 16.8 Å². The first-order valence-electron chi connectivity index (χ1n) is 9.02. The summed E-state index contributed by atoms with van der Waals surface area (Å²) in [5.74, 6) is 0.694. The van der Waals surface area contributed by atoms with E-state index in [9.17, 15) is 0 Å². The van der Waals surface area contributed by atoms with Crippen molar-refractivity contribution in [2.45, 2.75) is 46.1 Å². The number of benzene rings is 2.